The van der Waals surface area contributed by atoms with Crippen molar-refractivity contribution in [3.63, 3.8) is 0 Å². The Morgan fingerprint density at radius 2 is 1.86 bits per heavy atom. The van der Waals surface area contributed by atoms with Gasteiger partial charge in [-0.05, 0) is 61.0 Å². The fourth-order valence-electron chi connectivity index (χ4n) is 3.62. The van der Waals surface area contributed by atoms with Crippen molar-refractivity contribution in [2.24, 2.45) is 7.05 Å². The zero-order valence-electron chi connectivity index (χ0n) is 19.8. The Morgan fingerprint density at radius 3 is 2.59 bits per heavy atom. The van der Waals surface area contributed by atoms with Crippen molar-refractivity contribution in [1.29, 1.82) is 0 Å². The lowest BCUT2D eigenvalue weighted by Crippen LogP contribution is -2.16. The fraction of sp³-hybridized carbons (Fsp3) is 0.208. The Morgan fingerprint density at radius 1 is 1.05 bits per heavy atom. The molecule has 0 spiro atoms. The molecule has 0 aliphatic heterocycles. The molecule has 10 nitrogen and oxygen atoms in total. The van der Waals surface area contributed by atoms with Crippen LogP contribution in [0.25, 0.3) is 23.0 Å². The molecule has 0 radical (unpaired) electrons. The number of ether oxygens (including phenoxy) is 1. The maximum atomic E-state index is 12.4. The minimum atomic E-state index is -4.76. The van der Waals surface area contributed by atoms with Gasteiger partial charge in [-0.1, -0.05) is 5.16 Å². The molecule has 5 aromatic rings. The number of aryl methyl sites for hydroxylation is 2. The summed E-state index contributed by atoms with van der Waals surface area (Å²) in [7, 11) is 1.88. The Bertz CT molecular complexity index is 1500. The first-order valence-corrected chi connectivity index (χ1v) is 11.1. The highest BCUT2D eigenvalue weighted by molar-refractivity contribution is 5.59. The largest absolute Gasteiger partial charge is 0.573 e. The number of hydrogen-bond donors (Lipinski definition) is 1. The molecule has 37 heavy (non-hydrogen) atoms. The molecule has 190 valence electrons. The lowest BCUT2D eigenvalue weighted by Gasteiger charge is -2.09. The first-order valence-electron chi connectivity index (χ1n) is 11.1. The SMILES string of the molecule is Cc1cc(-c2nc(-c3ccc(OC(F)(F)F)cc3)no2)nn1Cc1ccnc(NCc2ccnn2C)c1. The van der Waals surface area contributed by atoms with Gasteiger partial charge in [0.1, 0.15) is 11.6 Å². The molecule has 0 amide bonds. The Balaban J connectivity index is 1.27. The van der Waals surface area contributed by atoms with Crippen molar-refractivity contribution in [1.82, 2.24) is 34.7 Å². The normalized spacial score (nSPS) is 11.6. The van der Waals surface area contributed by atoms with Crippen LogP contribution in [-0.4, -0.2) is 41.0 Å². The molecule has 0 bridgehead atoms. The van der Waals surface area contributed by atoms with E-state index in [-0.39, 0.29) is 17.5 Å². The Kier molecular flexibility index (Phi) is 6.34. The second-order valence-corrected chi connectivity index (χ2v) is 8.17. The third-order valence-corrected chi connectivity index (χ3v) is 5.50. The van der Waals surface area contributed by atoms with E-state index in [0.29, 0.717) is 24.3 Å². The molecule has 0 aliphatic rings. The predicted octanol–water partition coefficient (Wildman–Crippen LogP) is 4.60. The van der Waals surface area contributed by atoms with E-state index in [0.717, 1.165) is 22.8 Å². The number of alkyl halides is 3. The number of nitrogens with zero attached hydrogens (tertiary/aromatic N) is 7. The number of hydrogen-bond acceptors (Lipinski definition) is 8. The van der Waals surface area contributed by atoms with Crippen LogP contribution in [0.2, 0.25) is 0 Å². The molecule has 0 saturated carbocycles. The molecule has 0 unspecified atom stereocenters. The highest BCUT2D eigenvalue weighted by atomic mass is 19.4. The molecular formula is C24H21F3N8O2. The predicted molar refractivity (Wildman–Crippen MR) is 126 cm³/mol. The summed E-state index contributed by atoms with van der Waals surface area (Å²) in [5.41, 5.74) is 3.86. The summed E-state index contributed by atoms with van der Waals surface area (Å²) in [5, 5.41) is 16.0. The van der Waals surface area contributed by atoms with E-state index < -0.39 is 6.36 Å². The van der Waals surface area contributed by atoms with Crippen LogP contribution >= 0.6 is 0 Å². The van der Waals surface area contributed by atoms with Crippen LogP contribution in [0.5, 0.6) is 5.75 Å². The number of halogens is 3. The standard InChI is InChI=1S/C24H21F3N8O2/c1-15-11-20(23-31-22(33-37-23)17-3-5-19(6-4-17)36-24(25,26)27)32-35(15)14-16-7-9-28-21(12-16)29-13-18-8-10-30-34(18)2/h3-12H,13-14H2,1-2H3,(H,28,29). The zero-order valence-corrected chi connectivity index (χ0v) is 19.8. The van der Waals surface area contributed by atoms with E-state index in [9.17, 15) is 13.2 Å². The quantitative estimate of drug-likeness (QED) is 0.323. The van der Waals surface area contributed by atoms with Crippen LogP contribution in [-0.2, 0) is 20.1 Å². The maximum Gasteiger partial charge on any atom is 0.573 e. The van der Waals surface area contributed by atoms with Crippen LogP contribution in [0, 0.1) is 6.92 Å². The molecule has 0 saturated heterocycles. The van der Waals surface area contributed by atoms with Crippen LogP contribution < -0.4 is 10.1 Å². The van der Waals surface area contributed by atoms with Gasteiger partial charge in [0.05, 0.1) is 18.8 Å². The van der Waals surface area contributed by atoms with Gasteiger partial charge in [-0.3, -0.25) is 9.36 Å². The lowest BCUT2D eigenvalue weighted by atomic mass is 10.2. The third kappa shape index (κ3) is 5.77. The zero-order chi connectivity index (χ0) is 26.0. The fourth-order valence-corrected chi connectivity index (χ4v) is 3.62. The number of anilines is 1. The van der Waals surface area contributed by atoms with E-state index in [1.807, 2.05) is 42.9 Å². The van der Waals surface area contributed by atoms with Crippen molar-refractivity contribution < 1.29 is 22.4 Å². The smallest absolute Gasteiger partial charge is 0.406 e. The summed E-state index contributed by atoms with van der Waals surface area (Å²) in [5.74, 6) is 0.817. The molecule has 0 fully saturated rings. The Hall–Kier alpha value is -4.68. The summed E-state index contributed by atoms with van der Waals surface area (Å²) in [6, 6.07) is 12.8. The second-order valence-electron chi connectivity index (χ2n) is 8.17. The molecule has 4 aromatic heterocycles. The van der Waals surface area contributed by atoms with E-state index in [1.165, 1.54) is 24.3 Å². The van der Waals surface area contributed by atoms with Crippen molar-refractivity contribution >= 4 is 5.82 Å². The molecule has 4 heterocycles. The highest BCUT2D eigenvalue weighted by Crippen LogP contribution is 2.27. The van der Waals surface area contributed by atoms with Gasteiger partial charge in [0.2, 0.25) is 5.82 Å². The van der Waals surface area contributed by atoms with Gasteiger partial charge in [0.25, 0.3) is 5.89 Å². The van der Waals surface area contributed by atoms with Gasteiger partial charge >= 0.3 is 6.36 Å². The van der Waals surface area contributed by atoms with Crippen molar-refractivity contribution in [3.05, 3.63) is 77.9 Å². The van der Waals surface area contributed by atoms with E-state index in [1.54, 1.807) is 17.1 Å². The average molecular weight is 510 g/mol. The molecule has 1 aromatic carbocycles. The van der Waals surface area contributed by atoms with Gasteiger partial charge in [-0.15, -0.1) is 13.2 Å². The molecule has 5 rings (SSSR count). The first-order chi connectivity index (χ1) is 17.7. The molecule has 1 N–H and O–H groups in total. The number of pyridine rings is 1. The Labute approximate surface area is 208 Å². The molecule has 0 atom stereocenters. The number of rotatable bonds is 8. The van der Waals surface area contributed by atoms with Crippen molar-refractivity contribution in [2.45, 2.75) is 26.4 Å². The minimum Gasteiger partial charge on any atom is -0.406 e. The van der Waals surface area contributed by atoms with Gasteiger partial charge in [0, 0.05) is 30.7 Å². The molecule has 13 heteroatoms. The first kappa shape index (κ1) is 24.0. The van der Waals surface area contributed by atoms with E-state index >= 15 is 0 Å². The summed E-state index contributed by atoms with van der Waals surface area (Å²) >= 11 is 0. The van der Waals surface area contributed by atoms with Gasteiger partial charge in [0.15, 0.2) is 5.69 Å². The van der Waals surface area contributed by atoms with Crippen LogP contribution in [0.15, 0.2) is 65.4 Å². The summed E-state index contributed by atoms with van der Waals surface area (Å²) < 4.78 is 50.0. The number of aromatic nitrogens is 7. The number of benzene rings is 1. The van der Waals surface area contributed by atoms with Crippen LogP contribution in [0.4, 0.5) is 19.0 Å². The minimum absolute atomic E-state index is 0.195. The van der Waals surface area contributed by atoms with Crippen molar-refractivity contribution in [2.75, 3.05) is 5.32 Å². The van der Waals surface area contributed by atoms with E-state index in [2.05, 4.69) is 35.4 Å². The van der Waals surface area contributed by atoms with Gasteiger partial charge < -0.3 is 14.6 Å². The highest BCUT2D eigenvalue weighted by Gasteiger charge is 2.31. The topological polar surface area (TPSA) is 109 Å². The molecular weight excluding hydrogens is 489 g/mol. The maximum absolute atomic E-state index is 12.4. The van der Waals surface area contributed by atoms with Crippen molar-refractivity contribution in [3.8, 4) is 28.7 Å². The van der Waals surface area contributed by atoms with Crippen LogP contribution in [0.3, 0.4) is 0 Å². The average Bonchev–Trinajstić information content (AvgIpc) is 3.58. The summed E-state index contributed by atoms with van der Waals surface area (Å²) in [4.78, 5) is 8.72. The second kappa shape index (κ2) is 9.76. The third-order valence-electron chi connectivity index (χ3n) is 5.50. The molecule has 0 aliphatic carbocycles. The van der Waals surface area contributed by atoms with Gasteiger partial charge in [-0.25, -0.2) is 4.98 Å². The monoisotopic (exact) mass is 510 g/mol. The van der Waals surface area contributed by atoms with E-state index in [4.69, 9.17) is 4.52 Å². The lowest BCUT2D eigenvalue weighted by molar-refractivity contribution is -0.274. The van der Waals surface area contributed by atoms with Crippen LogP contribution in [0.1, 0.15) is 17.0 Å². The summed E-state index contributed by atoms with van der Waals surface area (Å²) in [6.07, 6.45) is -1.28. The summed E-state index contributed by atoms with van der Waals surface area (Å²) in [6.45, 7) is 3.00. The van der Waals surface area contributed by atoms with Gasteiger partial charge in [-0.2, -0.15) is 15.2 Å². The number of nitrogens with one attached hydrogen (secondary N) is 1.